The van der Waals surface area contributed by atoms with Gasteiger partial charge in [0.1, 0.15) is 6.33 Å². The van der Waals surface area contributed by atoms with E-state index in [0.29, 0.717) is 0 Å². The molecule has 14 heavy (non-hydrogen) atoms. The molecule has 1 unspecified atom stereocenters. The third-order valence-corrected chi connectivity index (χ3v) is 1.68. The number of nitrogens with zero attached hydrogens (tertiary/aromatic N) is 3. The Bertz CT molecular complexity index is 381. The highest BCUT2D eigenvalue weighted by Gasteiger charge is 2.12. The Morgan fingerprint density at radius 3 is 2.79 bits per heavy atom. The molecule has 1 atom stereocenters. The number of aryl methyl sites for hydroxylation is 1. The lowest BCUT2D eigenvalue weighted by molar-refractivity contribution is -0.139. The van der Waals surface area contributed by atoms with E-state index in [-0.39, 0.29) is 12.2 Å². The quantitative estimate of drug-likeness (QED) is 0.612. The number of aromatic nitrogens is 3. The van der Waals surface area contributed by atoms with Gasteiger partial charge in [0, 0.05) is 7.05 Å². The molecule has 0 bridgehead atoms. The Kier molecular flexibility index (Phi) is 3.03. The minimum absolute atomic E-state index is 0.105. The molecule has 1 heterocycles. The van der Waals surface area contributed by atoms with Gasteiger partial charge in [-0.3, -0.25) is 9.36 Å². The van der Waals surface area contributed by atoms with E-state index in [0.717, 1.165) is 4.68 Å². The van der Waals surface area contributed by atoms with E-state index in [1.807, 2.05) is 0 Å². The minimum Gasteiger partial charge on any atom is -0.481 e. The molecule has 1 aromatic heterocycles. The van der Waals surface area contributed by atoms with Crippen molar-refractivity contribution in [2.24, 2.45) is 7.05 Å². The Labute approximate surface area is 79.2 Å². The molecule has 0 fully saturated rings. The lowest BCUT2D eigenvalue weighted by atomic mass is 10.2. The summed E-state index contributed by atoms with van der Waals surface area (Å²) in [6.45, 7) is -0.105. The average molecular weight is 201 g/mol. The summed E-state index contributed by atoms with van der Waals surface area (Å²) in [7, 11) is 1.52. The van der Waals surface area contributed by atoms with E-state index in [1.165, 1.54) is 17.9 Å². The van der Waals surface area contributed by atoms with Gasteiger partial charge >= 0.3 is 11.7 Å². The summed E-state index contributed by atoms with van der Waals surface area (Å²) in [4.78, 5) is 21.4. The molecule has 7 nitrogen and oxygen atoms in total. The van der Waals surface area contributed by atoms with Crippen LogP contribution < -0.4 is 5.69 Å². The molecule has 0 spiro atoms. The molecular weight excluding hydrogens is 190 g/mol. The first-order valence-corrected chi connectivity index (χ1v) is 3.99. The van der Waals surface area contributed by atoms with Crippen molar-refractivity contribution in [3.05, 3.63) is 16.8 Å². The van der Waals surface area contributed by atoms with Crippen LogP contribution in [0.25, 0.3) is 0 Å². The van der Waals surface area contributed by atoms with Gasteiger partial charge in [-0.05, 0) is 0 Å². The van der Waals surface area contributed by atoms with E-state index < -0.39 is 18.5 Å². The standard InChI is InChI=1S/C7H11N3O4/c1-9-4-8-10(7(9)14)3-5(11)2-6(12)13/h4-5,11H,2-3H2,1H3,(H,12,13). The first kappa shape index (κ1) is 10.5. The van der Waals surface area contributed by atoms with E-state index in [2.05, 4.69) is 5.10 Å². The molecule has 0 aliphatic carbocycles. The SMILES string of the molecule is Cn1cnn(CC(O)CC(=O)O)c1=O. The molecule has 0 saturated heterocycles. The number of hydrogen-bond donors (Lipinski definition) is 2. The summed E-state index contributed by atoms with van der Waals surface area (Å²) in [6, 6.07) is 0. The molecule has 78 valence electrons. The maximum absolute atomic E-state index is 11.2. The second-order valence-corrected chi connectivity index (χ2v) is 2.96. The van der Waals surface area contributed by atoms with Gasteiger partial charge in [0.15, 0.2) is 0 Å². The van der Waals surface area contributed by atoms with Crippen LogP contribution in [0.15, 0.2) is 11.1 Å². The minimum atomic E-state index is -1.11. The Hall–Kier alpha value is -1.63. The number of aliphatic carboxylic acids is 1. The Morgan fingerprint density at radius 2 is 2.36 bits per heavy atom. The third kappa shape index (κ3) is 2.43. The average Bonchev–Trinajstić information content (AvgIpc) is 2.34. The molecule has 0 aromatic carbocycles. The number of aliphatic hydroxyl groups is 1. The number of aliphatic hydroxyl groups excluding tert-OH is 1. The summed E-state index contributed by atoms with van der Waals surface area (Å²) >= 11 is 0. The molecule has 7 heteroatoms. The fourth-order valence-corrected chi connectivity index (χ4v) is 1.01. The summed E-state index contributed by atoms with van der Waals surface area (Å²) in [5.74, 6) is -1.11. The monoisotopic (exact) mass is 201 g/mol. The van der Waals surface area contributed by atoms with Gasteiger partial charge in [-0.1, -0.05) is 0 Å². The van der Waals surface area contributed by atoms with Crippen molar-refractivity contribution in [1.82, 2.24) is 14.3 Å². The lowest BCUT2D eigenvalue weighted by Crippen LogP contribution is -2.29. The van der Waals surface area contributed by atoms with Crippen LogP contribution >= 0.6 is 0 Å². The molecule has 0 radical (unpaired) electrons. The van der Waals surface area contributed by atoms with Crippen LogP contribution in [0.3, 0.4) is 0 Å². The zero-order chi connectivity index (χ0) is 10.7. The summed E-state index contributed by atoms with van der Waals surface area (Å²) < 4.78 is 2.26. The highest BCUT2D eigenvalue weighted by molar-refractivity contribution is 5.67. The molecular formula is C7H11N3O4. The molecule has 0 aliphatic rings. The van der Waals surface area contributed by atoms with E-state index in [9.17, 15) is 14.7 Å². The van der Waals surface area contributed by atoms with Crippen LogP contribution in [0.1, 0.15) is 6.42 Å². The van der Waals surface area contributed by atoms with Gasteiger partial charge < -0.3 is 10.2 Å². The number of carboxylic acids is 1. The van der Waals surface area contributed by atoms with Crippen molar-refractivity contribution in [2.45, 2.75) is 19.1 Å². The van der Waals surface area contributed by atoms with Crippen LogP contribution in [0.2, 0.25) is 0 Å². The van der Waals surface area contributed by atoms with Gasteiger partial charge in [0.05, 0.1) is 19.1 Å². The highest BCUT2D eigenvalue weighted by Crippen LogP contribution is 1.93. The molecule has 1 aromatic rings. The normalized spacial score (nSPS) is 12.7. The summed E-state index contributed by atoms with van der Waals surface area (Å²) in [6.07, 6.45) is -0.196. The topological polar surface area (TPSA) is 97.3 Å². The predicted octanol–water partition coefficient (Wildman–Crippen LogP) is -1.58. The Morgan fingerprint density at radius 1 is 1.71 bits per heavy atom. The third-order valence-electron chi connectivity index (χ3n) is 1.68. The van der Waals surface area contributed by atoms with E-state index in [4.69, 9.17) is 5.11 Å². The van der Waals surface area contributed by atoms with Gasteiger partial charge in [0.25, 0.3) is 0 Å². The fourth-order valence-electron chi connectivity index (χ4n) is 1.01. The van der Waals surface area contributed by atoms with Crippen molar-refractivity contribution in [3.8, 4) is 0 Å². The zero-order valence-corrected chi connectivity index (χ0v) is 7.62. The van der Waals surface area contributed by atoms with Crippen molar-refractivity contribution in [3.63, 3.8) is 0 Å². The number of rotatable bonds is 4. The fraction of sp³-hybridized carbons (Fsp3) is 0.571. The first-order valence-electron chi connectivity index (χ1n) is 3.99. The molecule has 2 N–H and O–H groups in total. The second-order valence-electron chi connectivity index (χ2n) is 2.96. The second kappa shape index (κ2) is 4.05. The van der Waals surface area contributed by atoms with Crippen molar-refractivity contribution >= 4 is 5.97 Å². The van der Waals surface area contributed by atoms with Crippen molar-refractivity contribution in [1.29, 1.82) is 0 Å². The van der Waals surface area contributed by atoms with Crippen LogP contribution in [0, 0.1) is 0 Å². The van der Waals surface area contributed by atoms with Gasteiger partial charge in [-0.2, -0.15) is 5.10 Å². The largest absolute Gasteiger partial charge is 0.481 e. The van der Waals surface area contributed by atoms with Crippen LogP contribution in [0.5, 0.6) is 0 Å². The maximum atomic E-state index is 11.2. The number of hydrogen-bond acceptors (Lipinski definition) is 4. The molecule has 1 rings (SSSR count). The van der Waals surface area contributed by atoms with Gasteiger partial charge in [-0.15, -0.1) is 0 Å². The summed E-state index contributed by atoms with van der Waals surface area (Å²) in [5.41, 5.74) is -0.380. The molecule has 0 saturated carbocycles. The maximum Gasteiger partial charge on any atom is 0.345 e. The van der Waals surface area contributed by atoms with Crippen molar-refractivity contribution in [2.75, 3.05) is 0 Å². The highest BCUT2D eigenvalue weighted by atomic mass is 16.4. The van der Waals surface area contributed by atoms with Crippen LogP contribution in [0.4, 0.5) is 0 Å². The molecule has 0 amide bonds. The summed E-state index contributed by atoms with van der Waals surface area (Å²) in [5, 5.41) is 21.3. The Balaban J connectivity index is 2.65. The zero-order valence-electron chi connectivity index (χ0n) is 7.62. The van der Waals surface area contributed by atoms with Crippen LogP contribution in [-0.4, -0.2) is 36.6 Å². The number of carboxylic acid groups (broad SMARTS) is 1. The van der Waals surface area contributed by atoms with E-state index >= 15 is 0 Å². The van der Waals surface area contributed by atoms with Crippen LogP contribution in [-0.2, 0) is 18.4 Å². The lowest BCUT2D eigenvalue weighted by Gasteiger charge is -2.05. The number of carbonyl (C=O) groups is 1. The van der Waals surface area contributed by atoms with Crippen molar-refractivity contribution < 1.29 is 15.0 Å². The first-order chi connectivity index (χ1) is 6.50. The molecule has 0 aliphatic heterocycles. The predicted molar refractivity (Wildman–Crippen MR) is 45.7 cm³/mol. The van der Waals surface area contributed by atoms with E-state index in [1.54, 1.807) is 0 Å². The van der Waals surface area contributed by atoms with Gasteiger partial charge in [0.2, 0.25) is 0 Å². The van der Waals surface area contributed by atoms with Gasteiger partial charge in [-0.25, -0.2) is 9.48 Å². The smallest absolute Gasteiger partial charge is 0.345 e.